The van der Waals surface area contributed by atoms with Crippen molar-refractivity contribution in [2.45, 2.75) is 37.8 Å². The summed E-state index contributed by atoms with van der Waals surface area (Å²) >= 11 is 0. The van der Waals surface area contributed by atoms with Gasteiger partial charge in [-0.05, 0) is 68.9 Å². The van der Waals surface area contributed by atoms with Crippen LogP contribution in [-0.2, 0) is 4.74 Å². The van der Waals surface area contributed by atoms with E-state index in [0.717, 1.165) is 31.9 Å². The summed E-state index contributed by atoms with van der Waals surface area (Å²) in [7, 11) is 3.75. The van der Waals surface area contributed by atoms with Gasteiger partial charge in [-0.1, -0.05) is 6.08 Å². The Morgan fingerprint density at radius 2 is 2.00 bits per heavy atom. The third-order valence-electron chi connectivity index (χ3n) is 7.29. The van der Waals surface area contributed by atoms with Crippen molar-refractivity contribution < 1.29 is 14.2 Å². The van der Waals surface area contributed by atoms with Gasteiger partial charge in [0.05, 0.1) is 18.2 Å². The fraction of sp³-hybridized carbons (Fsp3) is 0.500. The summed E-state index contributed by atoms with van der Waals surface area (Å²) in [5, 5.41) is 17.4. The van der Waals surface area contributed by atoms with Crippen LogP contribution < -0.4 is 15.5 Å². The smallest absolute Gasteiger partial charge is 0.130 e. The van der Waals surface area contributed by atoms with Crippen molar-refractivity contribution in [3.63, 3.8) is 0 Å². The number of amidine groups is 1. The predicted octanol–water partition coefficient (Wildman–Crippen LogP) is 3.49. The van der Waals surface area contributed by atoms with Crippen LogP contribution >= 0.6 is 0 Å². The zero-order valence-electron chi connectivity index (χ0n) is 22.1. The number of hydrogen-bond donors (Lipinski definition) is 3. The number of likely N-dealkylation sites (N-methyl/N-ethyl adjacent to an activating group) is 1. The summed E-state index contributed by atoms with van der Waals surface area (Å²) in [6.45, 7) is 10.1. The van der Waals surface area contributed by atoms with E-state index in [0.29, 0.717) is 42.1 Å². The van der Waals surface area contributed by atoms with E-state index in [1.807, 2.05) is 6.08 Å². The fourth-order valence-electron chi connectivity index (χ4n) is 5.11. The monoisotopic (exact) mass is 510 g/mol. The van der Waals surface area contributed by atoms with Crippen molar-refractivity contribution in [2.24, 2.45) is 9.98 Å². The summed E-state index contributed by atoms with van der Waals surface area (Å²) in [6.07, 6.45) is 4.82. The minimum atomic E-state index is -1.02. The van der Waals surface area contributed by atoms with Gasteiger partial charge in [-0.25, -0.2) is 9.38 Å². The van der Waals surface area contributed by atoms with Gasteiger partial charge >= 0.3 is 0 Å². The largest absolute Gasteiger partial charge is 0.385 e. The third-order valence-corrected chi connectivity index (χ3v) is 7.29. The molecule has 3 N–H and O–H groups in total. The molecular weight excluding hydrogens is 471 g/mol. The molecule has 8 nitrogen and oxygen atoms in total. The number of aliphatic imine (C=N–C) groups is 2. The maximum atomic E-state index is 14.9. The molecule has 9 heteroatoms. The van der Waals surface area contributed by atoms with Crippen LogP contribution in [0.3, 0.4) is 0 Å². The second-order valence-corrected chi connectivity index (χ2v) is 10.1. The molecule has 2 atom stereocenters. The van der Waals surface area contributed by atoms with Crippen molar-refractivity contribution >= 4 is 23.9 Å². The van der Waals surface area contributed by atoms with Crippen molar-refractivity contribution in [3.05, 3.63) is 59.1 Å². The topological polar surface area (TPSA) is 84.7 Å². The van der Waals surface area contributed by atoms with Gasteiger partial charge in [-0.2, -0.15) is 0 Å². The Hall–Kier alpha value is -3.01. The van der Waals surface area contributed by atoms with Crippen LogP contribution in [0, 0.1) is 0 Å². The number of halogens is 1. The molecule has 37 heavy (non-hydrogen) atoms. The van der Waals surface area contributed by atoms with Gasteiger partial charge < -0.3 is 30.3 Å². The van der Waals surface area contributed by atoms with Crippen molar-refractivity contribution in [1.29, 1.82) is 0 Å². The number of fused-ring (bicyclic) bond motifs is 1. The van der Waals surface area contributed by atoms with E-state index in [9.17, 15) is 9.50 Å². The molecule has 1 heterocycles. The third kappa shape index (κ3) is 6.66. The Balaban J connectivity index is 1.46. The number of hydrogen-bond acceptors (Lipinski definition) is 7. The van der Waals surface area contributed by atoms with Gasteiger partial charge in [0.1, 0.15) is 18.3 Å². The number of nitrogens with one attached hydrogen (secondary N) is 2. The highest BCUT2D eigenvalue weighted by molar-refractivity contribution is 5.99. The highest BCUT2D eigenvalue weighted by atomic mass is 19.1. The van der Waals surface area contributed by atoms with Crippen LogP contribution in [0.1, 0.15) is 26.2 Å². The first-order valence-corrected chi connectivity index (χ1v) is 12.9. The van der Waals surface area contributed by atoms with Gasteiger partial charge in [0.2, 0.25) is 0 Å². The van der Waals surface area contributed by atoms with Crippen molar-refractivity contribution in [1.82, 2.24) is 10.2 Å². The minimum Gasteiger partial charge on any atom is -0.385 e. The van der Waals surface area contributed by atoms with Crippen LogP contribution in [-0.4, -0.2) is 87.8 Å². The first kappa shape index (κ1) is 27.0. The number of ether oxygens (including phenoxy) is 1. The normalized spacial score (nSPS) is 25.2. The average Bonchev–Trinajstić information content (AvgIpc) is 3.19. The SMILES string of the molecule is C=N/C=C(COC)\C(=N/CNc1ccc(N2CCN(C)CC2)cc1)NC1C=C2C(=C(F)C1)CCC2(C)O. The summed E-state index contributed by atoms with van der Waals surface area (Å²) in [6, 6.07) is 8.02. The number of methoxy groups -OCH3 is 1. The Morgan fingerprint density at radius 3 is 2.68 bits per heavy atom. The number of anilines is 2. The van der Waals surface area contributed by atoms with E-state index in [1.165, 1.54) is 5.69 Å². The molecule has 0 spiro atoms. The molecule has 0 amide bonds. The molecule has 2 fully saturated rings. The summed E-state index contributed by atoms with van der Waals surface area (Å²) in [5.74, 6) is 0.372. The first-order valence-electron chi connectivity index (χ1n) is 12.9. The van der Waals surface area contributed by atoms with Crippen LogP contribution in [0.4, 0.5) is 15.8 Å². The van der Waals surface area contributed by atoms with Gasteiger partial charge in [0.15, 0.2) is 0 Å². The van der Waals surface area contributed by atoms with E-state index >= 15 is 0 Å². The van der Waals surface area contributed by atoms with E-state index < -0.39 is 5.60 Å². The number of aliphatic hydroxyl groups is 1. The van der Waals surface area contributed by atoms with Crippen LogP contribution in [0.5, 0.6) is 0 Å². The standard InChI is InChI=1S/C28H39FN6O2/c1-28(36)10-9-24-25(28)15-22(16-26(24)29)33-27(20(17-30-2)18-37-4)32-19-31-21-5-7-23(8-6-21)35-13-11-34(3)12-14-35/h5-8,15,17,22,31,36H,2,9-14,16,18-19H2,1,3-4H3,(H,32,33)/b20-17-. The predicted molar refractivity (Wildman–Crippen MR) is 149 cm³/mol. The van der Waals surface area contributed by atoms with Gasteiger partial charge in [-0.15, -0.1) is 0 Å². The Bertz CT molecular complexity index is 1080. The number of benzene rings is 1. The number of nitrogens with zero attached hydrogens (tertiary/aromatic N) is 4. The maximum absolute atomic E-state index is 14.9. The zero-order valence-corrected chi connectivity index (χ0v) is 22.1. The van der Waals surface area contributed by atoms with Crippen molar-refractivity contribution in [2.75, 3.05) is 63.8 Å². The van der Waals surface area contributed by atoms with E-state index in [-0.39, 0.29) is 24.9 Å². The Labute approximate surface area is 219 Å². The summed E-state index contributed by atoms with van der Waals surface area (Å²) in [4.78, 5) is 13.4. The van der Waals surface area contributed by atoms with Crippen LogP contribution in [0.15, 0.2) is 69.1 Å². The zero-order chi connectivity index (χ0) is 26.4. The lowest BCUT2D eigenvalue weighted by Gasteiger charge is -2.34. The highest BCUT2D eigenvalue weighted by Gasteiger charge is 2.39. The minimum absolute atomic E-state index is 0.176. The second kappa shape index (κ2) is 12.0. The molecular formula is C28H39FN6O2. The Morgan fingerprint density at radius 1 is 1.27 bits per heavy atom. The Kier molecular flexibility index (Phi) is 8.79. The molecule has 3 aliphatic rings. The lowest BCUT2D eigenvalue weighted by atomic mass is 9.90. The molecule has 1 saturated heterocycles. The van der Waals surface area contributed by atoms with E-state index in [2.05, 4.69) is 63.5 Å². The molecule has 200 valence electrons. The fourth-order valence-corrected chi connectivity index (χ4v) is 5.11. The molecule has 2 aliphatic carbocycles. The molecule has 1 aliphatic heterocycles. The van der Waals surface area contributed by atoms with E-state index in [1.54, 1.807) is 20.2 Å². The maximum Gasteiger partial charge on any atom is 0.130 e. The number of rotatable bonds is 9. The molecule has 2 unspecified atom stereocenters. The molecule has 4 rings (SSSR count). The molecule has 0 aromatic heterocycles. The molecule has 0 bridgehead atoms. The first-order chi connectivity index (χ1) is 17.8. The lowest BCUT2D eigenvalue weighted by molar-refractivity contribution is 0.106. The van der Waals surface area contributed by atoms with E-state index in [4.69, 9.17) is 9.73 Å². The van der Waals surface area contributed by atoms with Gasteiger partial charge in [-0.3, -0.25) is 4.99 Å². The molecule has 0 radical (unpaired) electrons. The molecule has 1 aromatic carbocycles. The average molecular weight is 511 g/mol. The lowest BCUT2D eigenvalue weighted by Crippen LogP contribution is -2.44. The highest BCUT2D eigenvalue weighted by Crippen LogP contribution is 2.44. The van der Waals surface area contributed by atoms with Crippen LogP contribution in [0.2, 0.25) is 0 Å². The van der Waals surface area contributed by atoms with Crippen LogP contribution in [0.25, 0.3) is 0 Å². The second-order valence-electron chi connectivity index (χ2n) is 10.1. The van der Waals surface area contributed by atoms with Gasteiger partial charge in [0, 0.05) is 62.9 Å². The molecule has 1 saturated carbocycles. The summed E-state index contributed by atoms with van der Waals surface area (Å²) < 4.78 is 20.2. The number of piperazine rings is 1. The van der Waals surface area contributed by atoms with Gasteiger partial charge in [0.25, 0.3) is 0 Å². The summed E-state index contributed by atoms with van der Waals surface area (Å²) in [5.41, 5.74) is 3.18. The van der Waals surface area contributed by atoms with Crippen molar-refractivity contribution in [3.8, 4) is 0 Å². The molecule has 1 aromatic rings. The quantitative estimate of drug-likeness (QED) is 0.348.